The Bertz CT molecular complexity index is 420. The maximum atomic E-state index is 4.63. The molecule has 0 aliphatic rings. The molecular weight excluding hydrogens is 399 g/mol. The van der Waals surface area contributed by atoms with E-state index in [0.29, 0.717) is 12.6 Å². The van der Waals surface area contributed by atoms with Crippen molar-refractivity contribution in [3.8, 4) is 0 Å². The first-order valence-electron chi connectivity index (χ1n) is 8.39. The van der Waals surface area contributed by atoms with Crippen LogP contribution in [0.2, 0.25) is 0 Å². The minimum absolute atomic E-state index is 0. The van der Waals surface area contributed by atoms with Crippen molar-refractivity contribution in [3.63, 3.8) is 0 Å². The largest absolute Gasteiger partial charge is 0.357 e. The van der Waals surface area contributed by atoms with Crippen LogP contribution in [0.4, 0.5) is 0 Å². The van der Waals surface area contributed by atoms with Crippen LogP contribution in [-0.4, -0.2) is 43.6 Å². The van der Waals surface area contributed by atoms with Crippen LogP contribution in [0.1, 0.15) is 39.2 Å². The van der Waals surface area contributed by atoms with E-state index in [4.69, 9.17) is 0 Å². The molecule has 0 saturated carbocycles. The molecule has 23 heavy (non-hydrogen) atoms. The van der Waals surface area contributed by atoms with Crippen molar-refractivity contribution in [1.29, 1.82) is 0 Å². The number of guanidine groups is 1. The molecule has 4 nitrogen and oxygen atoms in total. The van der Waals surface area contributed by atoms with Crippen molar-refractivity contribution in [2.24, 2.45) is 4.99 Å². The number of aliphatic imine (C=N–C) groups is 1. The summed E-state index contributed by atoms with van der Waals surface area (Å²) in [6, 6.07) is 11.0. The number of benzene rings is 1. The predicted molar refractivity (Wildman–Crippen MR) is 112 cm³/mol. The molecule has 0 fully saturated rings. The molecule has 0 bridgehead atoms. The fourth-order valence-electron chi connectivity index (χ4n) is 2.05. The lowest BCUT2D eigenvalue weighted by atomic mass is 10.2. The van der Waals surface area contributed by atoms with Crippen molar-refractivity contribution in [1.82, 2.24) is 15.5 Å². The zero-order valence-electron chi connectivity index (χ0n) is 15.0. The lowest BCUT2D eigenvalue weighted by Gasteiger charge is -2.20. The zero-order chi connectivity index (χ0) is 16.2. The molecule has 0 spiro atoms. The van der Waals surface area contributed by atoms with E-state index in [1.807, 2.05) is 6.07 Å². The van der Waals surface area contributed by atoms with Gasteiger partial charge in [-0.3, -0.25) is 0 Å². The summed E-state index contributed by atoms with van der Waals surface area (Å²) in [5.74, 6) is 0.906. The molecule has 1 aromatic carbocycles. The first-order chi connectivity index (χ1) is 10.6. The SMILES string of the molecule is CCNC(=NCc1ccccc1)NCCCCN(C)C(C)C.I. The second-order valence-corrected chi connectivity index (χ2v) is 5.89. The van der Waals surface area contributed by atoms with Gasteiger partial charge in [0.15, 0.2) is 5.96 Å². The molecule has 0 aliphatic heterocycles. The Morgan fingerprint density at radius 1 is 1.13 bits per heavy atom. The van der Waals surface area contributed by atoms with Crippen LogP contribution in [0.25, 0.3) is 0 Å². The highest BCUT2D eigenvalue weighted by Gasteiger charge is 2.02. The van der Waals surface area contributed by atoms with Crippen molar-refractivity contribution in [3.05, 3.63) is 35.9 Å². The number of nitrogens with one attached hydrogen (secondary N) is 2. The van der Waals surface area contributed by atoms with E-state index in [2.05, 4.69) is 72.6 Å². The molecular formula is C18H33IN4. The highest BCUT2D eigenvalue weighted by Crippen LogP contribution is 2.00. The molecule has 0 saturated heterocycles. The van der Waals surface area contributed by atoms with E-state index in [-0.39, 0.29) is 24.0 Å². The highest BCUT2D eigenvalue weighted by molar-refractivity contribution is 14.0. The van der Waals surface area contributed by atoms with Gasteiger partial charge < -0.3 is 15.5 Å². The average molecular weight is 432 g/mol. The number of hydrogen-bond donors (Lipinski definition) is 2. The molecule has 132 valence electrons. The number of rotatable bonds is 9. The minimum Gasteiger partial charge on any atom is -0.357 e. The topological polar surface area (TPSA) is 39.7 Å². The van der Waals surface area contributed by atoms with Crippen molar-refractivity contribution in [2.45, 2.75) is 46.2 Å². The summed E-state index contributed by atoms with van der Waals surface area (Å²) in [5.41, 5.74) is 1.23. The van der Waals surface area contributed by atoms with Gasteiger partial charge in [-0.1, -0.05) is 30.3 Å². The fourth-order valence-corrected chi connectivity index (χ4v) is 2.05. The minimum atomic E-state index is 0. The van der Waals surface area contributed by atoms with Gasteiger partial charge in [-0.15, -0.1) is 24.0 Å². The Kier molecular flexibility index (Phi) is 13.1. The summed E-state index contributed by atoms with van der Waals surface area (Å²) < 4.78 is 0. The van der Waals surface area contributed by atoms with Crippen LogP contribution < -0.4 is 10.6 Å². The van der Waals surface area contributed by atoms with Gasteiger partial charge in [0.1, 0.15) is 0 Å². The zero-order valence-corrected chi connectivity index (χ0v) is 17.3. The van der Waals surface area contributed by atoms with Crippen LogP contribution in [0.5, 0.6) is 0 Å². The normalized spacial score (nSPS) is 11.5. The molecule has 0 heterocycles. The Labute approximate surface area is 159 Å². The molecule has 0 aliphatic carbocycles. The van der Waals surface area contributed by atoms with Crippen LogP contribution in [0.3, 0.4) is 0 Å². The third-order valence-electron chi connectivity index (χ3n) is 3.72. The van der Waals surface area contributed by atoms with E-state index in [1.54, 1.807) is 0 Å². The summed E-state index contributed by atoms with van der Waals surface area (Å²) in [5, 5.41) is 6.71. The summed E-state index contributed by atoms with van der Waals surface area (Å²) in [4.78, 5) is 7.01. The Morgan fingerprint density at radius 3 is 2.43 bits per heavy atom. The lowest BCUT2D eigenvalue weighted by Crippen LogP contribution is -2.38. The van der Waals surface area contributed by atoms with Gasteiger partial charge in [0.25, 0.3) is 0 Å². The summed E-state index contributed by atoms with van der Waals surface area (Å²) in [6.07, 6.45) is 2.37. The smallest absolute Gasteiger partial charge is 0.191 e. The molecule has 1 rings (SSSR count). The van der Waals surface area contributed by atoms with E-state index < -0.39 is 0 Å². The second kappa shape index (κ2) is 13.6. The molecule has 2 N–H and O–H groups in total. The maximum Gasteiger partial charge on any atom is 0.191 e. The Morgan fingerprint density at radius 2 is 1.83 bits per heavy atom. The highest BCUT2D eigenvalue weighted by atomic mass is 127. The fraction of sp³-hybridized carbons (Fsp3) is 0.611. The Hall–Kier alpha value is -0.820. The molecule has 0 amide bonds. The lowest BCUT2D eigenvalue weighted by molar-refractivity contribution is 0.268. The molecule has 0 aromatic heterocycles. The molecule has 0 unspecified atom stereocenters. The number of unbranched alkanes of at least 4 members (excludes halogenated alkanes) is 1. The monoisotopic (exact) mass is 432 g/mol. The average Bonchev–Trinajstić information content (AvgIpc) is 2.52. The van der Waals surface area contributed by atoms with E-state index in [1.165, 1.54) is 12.0 Å². The first-order valence-corrected chi connectivity index (χ1v) is 8.39. The summed E-state index contributed by atoms with van der Waals surface area (Å²) in [7, 11) is 2.18. The van der Waals surface area contributed by atoms with Gasteiger partial charge in [-0.05, 0) is 52.8 Å². The summed E-state index contributed by atoms with van der Waals surface area (Å²) in [6.45, 7) is 10.3. The molecule has 0 atom stereocenters. The van der Waals surface area contributed by atoms with Crippen molar-refractivity contribution in [2.75, 3.05) is 26.7 Å². The number of hydrogen-bond acceptors (Lipinski definition) is 2. The van der Waals surface area contributed by atoms with Gasteiger partial charge in [-0.2, -0.15) is 0 Å². The molecule has 0 radical (unpaired) electrons. The standard InChI is InChI=1S/C18H32N4.HI/c1-5-19-18(21-15-17-11-7-6-8-12-17)20-13-9-10-14-22(4)16(2)3;/h6-8,11-12,16H,5,9-10,13-15H2,1-4H3,(H2,19,20,21);1H. The maximum absolute atomic E-state index is 4.63. The van der Waals surface area contributed by atoms with E-state index in [9.17, 15) is 0 Å². The van der Waals surface area contributed by atoms with E-state index >= 15 is 0 Å². The number of nitrogens with zero attached hydrogens (tertiary/aromatic N) is 2. The summed E-state index contributed by atoms with van der Waals surface area (Å²) >= 11 is 0. The molecule has 1 aromatic rings. The predicted octanol–water partition coefficient (Wildman–Crippen LogP) is 3.48. The van der Waals surface area contributed by atoms with Crippen LogP contribution in [0, 0.1) is 0 Å². The van der Waals surface area contributed by atoms with Gasteiger partial charge in [0.05, 0.1) is 6.54 Å². The third kappa shape index (κ3) is 10.5. The van der Waals surface area contributed by atoms with Gasteiger partial charge in [0.2, 0.25) is 0 Å². The van der Waals surface area contributed by atoms with Gasteiger partial charge in [-0.25, -0.2) is 4.99 Å². The van der Waals surface area contributed by atoms with Crippen molar-refractivity contribution < 1.29 is 0 Å². The van der Waals surface area contributed by atoms with Crippen LogP contribution >= 0.6 is 24.0 Å². The van der Waals surface area contributed by atoms with Crippen LogP contribution in [0.15, 0.2) is 35.3 Å². The van der Waals surface area contributed by atoms with Crippen molar-refractivity contribution >= 4 is 29.9 Å². The third-order valence-corrected chi connectivity index (χ3v) is 3.72. The number of halogens is 1. The Balaban J connectivity index is 0.00000484. The quantitative estimate of drug-likeness (QED) is 0.272. The first kappa shape index (κ1) is 22.2. The second-order valence-electron chi connectivity index (χ2n) is 5.89. The molecule has 5 heteroatoms. The van der Waals surface area contributed by atoms with E-state index in [0.717, 1.165) is 32.0 Å². The van der Waals surface area contributed by atoms with Gasteiger partial charge >= 0.3 is 0 Å². The van der Waals surface area contributed by atoms with Gasteiger partial charge in [0, 0.05) is 19.1 Å². The van der Waals surface area contributed by atoms with Crippen LogP contribution in [-0.2, 0) is 6.54 Å².